The largest absolute Gasteiger partial charge is 0.474 e. The maximum absolute atomic E-state index is 11.6. The first-order valence-electron chi connectivity index (χ1n) is 5.82. The quantitative estimate of drug-likeness (QED) is 0.466. The molecule has 0 fully saturated rings. The van der Waals surface area contributed by atoms with Gasteiger partial charge in [0.25, 0.3) is 5.91 Å². The van der Waals surface area contributed by atoms with Crippen LogP contribution in [0.25, 0.3) is 0 Å². The molecule has 1 unspecified atom stereocenters. The van der Waals surface area contributed by atoms with Crippen LogP contribution in [0, 0.1) is 10.1 Å². The fourth-order valence-corrected chi connectivity index (χ4v) is 1.37. The number of ether oxygens (including phenoxy) is 1. The summed E-state index contributed by atoms with van der Waals surface area (Å²) in [5, 5.41) is 15.0. The number of hydrogen-bond acceptors (Lipinski definition) is 6. The predicted molar refractivity (Wildman–Crippen MR) is 71.2 cm³/mol. The number of urea groups is 1. The van der Waals surface area contributed by atoms with Gasteiger partial charge < -0.3 is 10.1 Å². The Labute approximate surface area is 119 Å². The molecule has 0 spiro atoms. The zero-order valence-corrected chi connectivity index (χ0v) is 11.3. The number of nitrogens with zero attached hydrogens (tertiary/aromatic N) is 1. The van der Waals surface area contributed by atoms with Gasteiger partial charge in [-0.05, 0) is 19.1 Å². The maximum Gasteiger partial charge on any atom is 0.321 e. The Morgan fingerprint density at radius 1 is 1.43 bits per heavy atom. The second-order valence-corrected chi connectivity index (χ2v) is 3.93. The normalized spacial score (nSPS) is 11.1. The number of nitro benzene ring substituents is 1. The molecule has 1 rings (SSSR count). The molecule has 112 valence electrons. The smallest absolute Gasteiger partial charge is 0.321 e. The minimum absolute atomic E-state index is 0.162. The van der Waals surface area contributed by atoms with Gasteiger partial charge in [-0.15, -0.1) is 0 Å². The lowest BCUT2D eigenvalue weighted by molar-refractivity contribution is -0.386. The summed E-state index contributed by atoms with van der Waals surface area (Å²) in [5.74, 6) is -1.01. The summed E-state index contributed by atoms with van der Waals surface area (Å²) < 4.78 is 5.16. The number of nitro groups is 1. The Kier molecular flexibility index (Phi) is 5.35. The van der Waals surface area contributed by atoms with E-state index in [4.69, 9.17) is 4.74 Å². The Hall–Kier alpha value is -2.97. The second kappa shape index (κ2) is 6.98. The fourth-order valence-electron chi connectivity index (χ4n) is 1.37. The highest BCUT2D eigenvalue weighted by Gasteiger charge is 2.22. The van der Waals surface area contributed by atoms with Crippen LogP contribution < -0.4 is 15.4 Å². The van der Waals surface area contributed by atoms with E-state index in [0.717, 1.165) is 12.1 Å². The van der Waals surface area contributed by atoms with Crippen LogP contribution in [0.4, 0.5) is 10.5 Å². The lowest BCUT2D eigenvalue weighted by Crippen LogP contribution is -2.44. The van der Waals surface area contributed by atoms with E-state index in [2.05, 4.69) is 5.32 Å². The standard InChI is InChI=1S/C12H13N3O6/c1-7(11(17)14-12(18)13-2)21-10-5-8(6-16)3-4-9(10)15(19)20/h3-7H,1-2H3,(H2,13,14,17,18). The molecule has 1 aromatic rings. The van der Waals surface area contributed by atoms with Crippen LogP contribution >= 0.6 is 0 Å². The van der Waals surface area contributed by atoms with Crippen molar-refractivity contribution in [2.24, 2.45) is 0 Å². The Balaban J connectivity index is 2.94. The van der Waals surface area contributed by atoms with Crippen molar-refractivity contribution in [3.8, 4) is 5.75 Å². The summed E-state index contributed by atoms with van der Waals surface area (Å²) in [6.07, 6.45) is -0.672. The summed E-state index contributed by atoms with van der Waals surface area (Å²) in [6.45, 7) is 1.32. The molecule has 0 saturated carbocycles. The molecule has 2 N–H and O–H groups in total. The minimum atomic E-state index is -1.16. The first kappa shape index (κ1) is 16.1. The van der Waals surface area contributed by atoms with Crippen molar-refractivity contribution < 1.29 is 24.0 Å². The molecule has 21 heavy (non-hydrogen) atoms. The molecular formula is C12H13N3O6. The number of imide groups is 1. The monoisotopic (exact) mass is 295 g/mol. The number of amides is 3. The van der Waals surface area contributed by atoms with Crippen molar-refractivity contribution in [1.29, 1.82) is 0 Å². The van der Waals surface area contributed by atoms with E-state index >= 15 is 0 Å². The first-order valence-corrected chi connectivity index (χ1v) is 5.82. The van der Waals surface area contributed by atoms with E-state index in [1.165, 1.54) is 20.0 Å². The summed E-state index contributed by atoms with van der Waals surface area (Å²) in [5.41, 5.74) is -0.227. The minimum Gasteiger partial charge on any atom is -0.474 e. The molecule has 0 aliphatic carbocycles. The molecule has 0 heterocycles. The lowest BCUT2D eigenvalue weighted by Gasteiger charge is -2.14. The van der Waals surface area contributed by atoms with Crippen molar-refractivity contribution in [3.05, 3.63) is 33.9 Å². The molecule has 3 amide bonds. The summed E-state index contributed by atoms with van der Waals surface area (Å²) >= 11 is 0. The second-order valence-electron chi connectivity index (χ2n) is 3.93. The molecule has 0 radical (unpaired) electrons. The van der Waals surface area contributed by atoms with Gasteiger partial charge in [0, 0.05) is 18.7 Å². The van der Waals surface area contributed by atoms with E-state index in [1.807, 2.05) is 5.32 Å². The fraction of sp³-hybridized carbons (Fsp3) is 0.250. The van der Waals surface area contributed by atoms with Gasteiger partial charge in [-0.2, -0.15) is 0 Å². The third-order valence-corrected chi connectivity index (χ3v) is 2.45. The highest BCUT2D eigenvalue weighted by Crippen LogP contribution is 2.28. The first-order chi connectivity index (χ1) is 9.88. The van der Waals surface area contributed by atoms with Gasteiger partial charge in [-0.25, -0.2) is 4.79 Å². The third-order valence-electron chi connectivity index (χ3n) is 2.45. The van der Waals surface area contributed by atoms with E-state index in [1.54, 1.807) is 0 Å². The molecule has 0 aliphatic heterocycles. The van der Waals surface area contributed by atoms with Crippen LogP contribution in [0.3, 0.4) is 0 Å². The van der Waals surface area contributed by atoms with Gasteiger partial charge >= 0.3 is 11.7 Å². The summed E-state index contributed by atoms with van der Waals surface area (Å²) in [6, 6.07) is 2.77. The van der Waals surface area contributed by atoms with Crippen molar-refractivity contribution >= 4 is 23.9 Å². The Morgan fingerprint density at radius 2 is 2.10 bits per heavy atom. The number of hydrogen-bond donors (Lipinski definition) is 2. The van der Waals surface area contributed by atoms with Crippen LogP contribution in [-0.4, -0.2) is 36.3 Å². The van der Waals surface area contributed by atoms with Crippen LogP contribution in [0.1, 0.15) is 17.3 Å². The molecule has 0 saturated heterocycles. The SMILES string of the molecule is CNC(=O)NC(=O)C(C)Oc1cc(C=O)ccc1[N+](=O)[O-]. The van der Waals surface area contributed by atoms with Gasteiger partial charge in [0.15, 0.2) is 11.9 Å². The summed E-state index contributed by atoms with van der Waals surface area (Å²) in [7, 11) is 1.33. The average Bonchev–Trinajstić information content (AvgIpc) is 2.46. The molecule has 0 aromatic heterocycles. The molecular weight excluding hydrogens is 282 g/mol. The number of nitrogens with one attached hydrogen (secondary N) is 2. The number of aldehydes is 1. The van der Waals surface area contributed by atoms with Gasteiger partial charge in [0.1, 0.15) is 6.29 Å². The van der Waals surface area contributed by atoms with Crippen molar-refractivity contribution in [3.63, 3.8) is 0 Å². The number of rotatable bonds is 5. The third kappa shape index (κ3) is 4.27. The molecule has 1 aromatic carbocycles. The average molecular weight is 295 g/mol. The van der Waals surface area contributed by atoms with Crippen molar-refractivity contribution in [2.75, 3.05) is 7.05 Å². The van der Waals surface area contributed by atoms with Crippen LogP contribution in [0.15, 0.2) is 18.2 Å². The van der Waals surface area contributed by atoms with Crippen molar-refractivity contribution in [2.45, 2.75) is 13.0 Å². The van der Waals surface area contributed by atoms with E-state index in [9.17, 15) is 24.5 Å². The van der Waals surface area contributed by atoms with E-state index in [0.29, 0.717) is 6.29 Å². The lowest BCUT2D eigenvalue weighted by atomic mass is 10.2. The zero-order valence-electron chi connectivity index (χ0n) is 11.3. The number of benzene rings is 1. The number of carbonyl (C=O) groups excluding carboxylic acids is 3. The predicted octanol–water partition coefficient (Wildman–Crippen LogP) is 0.630. The van der Waals surface area contributed by atoms with Gasteiger partial charge in [-0.3, -0.25) is 25.0 Å². The zero-order chi connectivity index (χ0) is 16.0. The molecule has 9 heteroatoms. The summed E-state index contributed by atoms with van der Waals surface area (Å²) in [4.78, 5) is 43.5. The van der Waals surface area contributed by atoms with E-state index < -0.39 is 23.0 Å². The van der Waals surface area contributed by atoms with Crippen molar-refractivity contribution in [1.82, 2.24) is 10.6 Å². The van der Waals surface area contributed by atoms with Gasteiger partial charge in [0.05, 0.1) is 4.92 Å². The van der Waals surface area contributed by atoms with Crippen LogP contribution in [-0.2, 0) is 4.79 Å². The Bertz CT molecular complexity index is 586. The maximum atomic E-state index is 11.6. The molecule has 0 aliphatic rings. The Morgan fingerprint density at radius 3 is 2.62 bits per heavy atom. The number of carbonyl (C=O) groups is 3. The van der Waals surface area contributed by atoms with E-state index in [-0.39, 0.29) is 17.0 Å². The van der Waals surface area contributed by atoms with Gasteiger partial charge in [-0.1, -0.05) is 0 Å². The molecule has 9 nitrogen and oxygen atoms in total. The highest BCUT2D eigenvalue weighted by atomic mass is 16.6. The van der Waals surface area contributed by atoms with Crippen LogP contribution in [0.5, 0.6) is 5.75 Å². The topological polar surface area (TPSA) is 128 Å². The van der Waals surface area contributed by atoms with Gasteiger partial charge in [0.2, 0.25) is 0 Å². The highest BCUT2D eigenvalue weighted by molar-refractivity contribution is 5.96. The molecule has 1 atom stereocenters. The molecule has 0 bridgehead atoms. The van der Waals surface area contributed by atoms with Crippen LogP contribution in [0.2, 0.25) is 0 Å².